The topological polar surface area (TPSA) is 60.2 Å². The summed E-state index contributed by atoms with van der Waals surface area (Å²) in [5.41, 5.74) is 1.19. The van der Waals surface area contributed by atoms with E-state index in [2.05, 4.69) is 10.1 Å². The average molecular weight is 219 g/mol. The van der Waals surface area contributed by atoms with Crippen molar-refractivity contribution in [3.05, 3.63) is 41.9 Å². The van der Waals surface area contributed by atoms with Gasteiger partial charge in [-0.2, -0.15) is 5.10 Å². The summed E-state index contributed by atoms with van der Waals surface area (Å²) < 4.78 is 6.73. The van der Waals surface area contributed by atoms with E-state index in [1.807, 2.05) is 0 Å². The molecule has 0 spiro atoms. The van der Waals surface area contributed by atoms with Crippen molar-refractivity contribution in [2.75, 3.05) is 7.11 Å². The number of aliphatic hydroxyl groups is 1. The van der Waals surface area contributed by atoms with Crippen LogP contribution in [-0.2, 0) is 7.05 Å². The second kappa shape index (κ2) is 4.32. The number of aliphatic hydroxyl groups excluding tert-OH is 1. The van der Waals surface area contributed by atoms with Crippen LogP contribution in [0.25, 0.3) is 0 Å². The van der Waals surface area contributed by atoms with Crippen molar-refractivity contribution >= 4 is 0 Å². The molecule has 2 aromatic heterocycles. The Bertz CT molecular complexity index is 482. The van der Waals surface area contributed by atoms with Crippen LogP contribution in [0.4, 0.5) is 0 Å². The minimum absolute atomic E-state index is 0.417. The van der Waals surface area contributed by atoms with Gasteiger partial charge in [0.15, 0.2) is 0 Å². The van der Waals surface area contributed by atoms with Crippen LogP contribution >= 0.6 is 0 Å². The van der Waals surface area contributed by atoms with Gasteiger partial charge in [0.2, 0.25) is 5.88 Å². The second-order valence-corrected chi connectivity index (χ2v) is 3.42. The molecule has 0 saturated heterocycles. The smallest absolute Gasteiger partial charge is 0.219 e. The van der Waals surface area contributed by atoms with Gasteiger partial charge in [-0.1, -0.05) is 0 Å². The van der Waals surface area contributed by atoms with Crippen LogP contribution in [0.1, 0.15) is 17.4 Å². The number of rotatable bonds is 3. The third kappa shape index (κ3) is 1.90. The summed E-state index contributed by atoms with van der Waals surface area (Å²) in [5, 5.41) is 14.3. The monoisotopic (exact) mass is 219 g/mol. The first kappa shape index (κ1) is 10.6. The molecule has 2 rings (SSSR count). The SMILES string of the molecule is COc1ncccc1C(O)c1ccn(C)n1. The van der Waals surface area contributed by atoms with Crippen LogP contribution in [0.2, 0.25) is 0 Å². The molecule has 0 aromatic carbocycles. The number of hydrogen-bond donors (Lipinski definition) is 1. The van der Waals surface area contributed by atoms with Crippen LogP contribution < -0.4 is 4.74 Å². The summed E-state index contributed by atoms with van der Waals surface area (Å²) >= 11 is 0. The van der Waals surface area contributed by atoms with Crippen LogP contribution in [0, 0.1) is 0 Å². The highest BCUT2D eigenvalue weighted by molar-refractivity contribution is 5.32. The van der Waals surface area contributed by atoms with Crippen LogP contribution in [0.5, 0.6) is 5.88 Å². The fourth-order valence-electron chi connectivity index (χ4n) is 1.52. The average Bonchev–Trinajstić information content (AvgIpc) is 2.75. The van der Waals surface area contributed by atoms with Gasteiger partial charge in [0.05, 0.1) is 12.8 Å². The van der Waals surface area contributed by atoms with Gasteiger partial charge in [0.25, 0.3) is 0 Å². The van der Waals surface area contributed by atoms with E-state index in [0.29, 0.717) is 17.1 Å². The molecule has 0 aliphatic rings. The Hall–Kier alpha value is -1.88. The van der Waals surface area contributed by atoms with Gasteiger partial charge in [0, 0.05) is 25.0 Å². The minimum Gasteiger partial charge on any atom is -0.481 e. The molecule has 0 aliphatic heterocycles. The summed E-state index contributed by atoms with van der Waals surface area (Å²) in [6.45, 7) is 0. The van der Waals surface area contributed by atoms with Gasteiger partial charge in [-0.05, 0) is 18.2 Å². The van der Waals surface area contributed by atoms with Gasteiger partial charge in [0.1, 0.15) is 6.10 Å². The maximum atomic E-state index is 10.1. The lowest BCUT2D eigenvalue weighted by atomic mass is 10.1. The van der Waals surface area contributed by atoms with E-state index in [1.165, 1.54) is 7.11 Å². The number of nitrogens with zero attached hydrogens (tertiary/aromatic N) is 3. The molecule has 5 heteroatoms. The van der Waals surface area contributed by atoms with Gasteiger partial charge in [-0.25, -0.2) is 4.98 Å². The lowest BCUT2D eigenvalue weighted by Crippen LogP contribution is -2.05. The van der Waals surface area contributed by atoms with Crippen molar-refractivity contribution in [2.24, 2.45) is 7.05 Å². The first-order chi connectivity index (χ1) is 7.72. The van der Waals surface area contributed by atoms with Gasteiger partial charge >= 0.3 is 0 Å². The Balaban J connectivity index is 2.36. The van der Waals surface area contributed by atoms with E-state index in [1.54, 1.807) is 42.3 Å². The summed E-state index contributed by atoms with van der Waals surface area (Å²) in [6.07, 6.45) is 2.58. The lowest BCUT2D eigenvalue weighted by molar-refractivity contribution is 0.207. The van der Waals surface area contributed by atoms with Gasteiger partial charge < -0.3 is 9.84 Å². The second-order valence-electron chi connectivity index (χ2n) is 3.42. The Morgan fingerprint density at radius 2 is 2.25 bits per heavy atom. The van der Waals surface area contributed by atoms with Crippen molar-refractivity contribution in [1.29, 1.82) is 0 Å². The summed E-state index contributed by atoms with van der Waals surface area (Å²) in [4.78, 5) is 4.03. The highest BCUT2D eigenvalue weighted by Crippen LogP contribution is 2.26. The number of hydrogen-bond acceptors (Lipinski definition) is 4. The van der Waals surface area contributed by atoms with E-state index in [0.717, 1.165) is 0 Å². The Labute approximate surface area is 93.3 Å². The molecule has 1 N–H and O–H groups in total. The summed E-state index contributed by atoms with van der Waals surface area (Å²) in [6, 6.07) is 5.28. The number of methoxy groups -OCH3 is 1. The van der Waals surface area contributed by atoms with Crippen LogP contribution in [0.3, 0.4) is 0 Å². The normalized spacial score (nSPS) is 12.4. The Morgan fingerprint density at radius 3 is 2.88 bits per heavy atom. The molecule has 84 valence electrons. The zero-order chi connectivity index (χ0) is 11.5. The number of aromatic nitrogens is 3. The molecule has 0 amide bonds. The van der Waals surface area contributed by atoms with Gasteiger partial charge in [-0.15, -0.1) is 0 Å². The van der Waals surface area contributed by atoms with Crippen molar-refractivity contribution in [1.82, 2.24) is 14.8 Å². The third-order valence-corrected chi connectivity index (χ3v) is 2.30. The molecule has 1 atom stereocenters. The van der Waals surface area contributed by atoms with Crippen molar-refractivity contribution < 1.29 is 9.84 Å². The van der Waals surface area contributed by atoms with Crippen molar-refractivity contribution in [3.63, 3.8) is 0 Å². The molecule has 2 aromatic rings. The fraction of sp³-hybridized carbons (Fsp3) is 0.273. The van der Waals surface area contributed by atoms with E-state index < -0.39 is 6.10 Å². The Morgan fingerprint density at radius 1 is 1.44 bits per heavy atom. The molecule has 0 radical (unpaired) electrons. The first-order valence-corrected chi connectivity index (χ1v) is 4.89. The maximum Gasteiger partial charge on any atom is 0.219 e. The van der Waals surface area contributed by atoms with Crippen molar-refractivity contribution in [3.8, 4) is 5.88 Å². The molecule has 16 heavy (non-hydrogen) atoms. The highest BCUT2D eigenvalue weighted by Gasteiger charge is 2.17. The van der Waals surface area contributed by atoms with Crippen LogP contribution in [-0.4, -0.2) is 27.0 Å². The fourth-order valence-corrected chi connectivity index (χ4v) is 1.52. The summed E-state index contributed by atoms with van der Waals surface area (Å²) in [5.74, 6) is 0.417. The molecule has 5 nitrogen and oxygen atoms in total. The van der Waals surface area contributed by atoms with Crippen LogP contribution in [0.15, 0.2) is 30.6 Å². The summed E-state index contributed by atoms with van der Waals surface area (Å²) in [7, 11) is 3.33. The molecule has 0 aliphatic carbocycles. The number of pyridine rings is 1. The molecule has 0 bridgehead atoms. The first-order valence-electron chi connectivity index (χ1n) is 4.89. The largest absolute Gasteiger partial charge is 0.481 e. The Kier molecular flexibility index (Phi) is 2.87. The minimum atomic E-state index is -0.815. The quantitative estimate of drug-likeness (QED) is 0.833. The van der Waals surface area contributed by atoms with Gasteiger partial charge in [-0.3, -0.25) is 4.68 Å². The van der Waals surface area contributed by atoms with E-state index in [9.17, 15) is 5.11 Å². The number of aryl methyl sites for hydroxylation is 1. The highest BCUT2D eigenvalue weighted by atomic mass is 16.5. The van der Waals surface area contributed by atoms with E-state index >= 15 is 0 Å². The molecular weight excluding hydrogens is 206 g/mol. The molecule has 1 unspecified atom stereocenters. The zero-order valence-corrected chi connectivity index (χ0v) is 9.16. The molecule has 0 fully saturated rings. The maximum absolute atomic E-state index is 10.1. The molecule has 2 heterocycles. The van der Waals surface area contributed by atoms with Crippen molar-refractivity contribution in [2.45, 2.75) is 6.10 Å². The van der Waals surface area contributed by atoms with E-state index in [4.69, 9.17) is 4.74 Å². The predicted molar refractivity (Wildman–Crippen MR) is 58.1 cm³/mol. The number of ether oxygens (including phenoxy) is 1. The predicted octanol–water partition coefficient (Wildman–Crippen LogP) is 0.905. The molecular formula is C11H13N3O2. The lowest BCUT2D eigenvalue weighted by Gasteiger charge is -2.11. The van der Waals surface area contributed by atoms with E-state index in [-0.39, 0.29) is 0 Å². The zero-order valence-electron chi connectivity index (χ0n) is 9.16. The standard InChI is InChI=1S/C11H13N3O2/c1-14-7-5-9(13-14)10(15)8-4-3-6-12-11(8)16-2/h3-7,10,15H,1-2H3. The molecule has 0 saturated carbocycles. The third-order valence-electron chi connectivity index (χ3n) is 2.30.